The van der Waals surface area contributed by atoms with Crippen molar-refractivity contribution < 1.29 is 22.8 Å². The molecule has 1 unspecified atom stereocenters. The van der Waals surface area contributed by atoms with Crippen molar-refractivity contribution in [2.45, 2.75) is 45.5 Å². The van der Waals surface area contributed by atoms with Gasteiger partial charge < -0.3 is 15.1 Å². The summed E-state index contributed by atoms with van der Waals surface area (Å²) in [4.78, 5) is 33.2. The van der Waals surface area contributed by atoms with Crippen LogP contribution in [0, 0.1) is 0 Å². The van der Waals surface area contributed by atoms with Gasteiger partial charge in [-0.3, -0.25) is 9.59 Å². The fourth-order valence-electron chi connectivity index (χ4n) is 3.59. The molecule has 1 aromatic rings. The van der Waals surface area contributed by atoms with E-state index >= 15 is 0 Å². The number of amides is 2. The first-order valence-electron chi connectivity index (χ1n) is 10.0. The van der Waals surface area contributed by atoms with Gasteiger partial charge in [-0.05, 0) is 43.9 Å². The predicted molar refractivity (Wildman–Crippen MR) is 118 cm³/mol. The van der Waals surface area contributed by atoms with Crippen molar-refractivity contribution in [1.29, 1.82) is 0 Å². The molecular formula is C22H25F3N4O2S. The average molecular weight is 467 g/mol. The molecule has 3 rings (SSSR count). The lowest BCUT2D eigenvalue weighted by Crippen LogP contribution is -2.40. The summed E-state index contributed by atoms with van der Waals surface area (Å²) in [7, 11) is 3.22. The maximum atomic E-state index is 13.1. The monoisotopic (exact) mass is 466 g/mol. The highest BCUT2D eigenvalue weighted by molar-refractivity contribution is 8.16. The number of hydrogen-bond donors (Lipinski definition) is 1. The number of amidine groups is 1. The minimum absolute atomic E-state index is 0.0367. The van der Waals surface area contributed by atoms with Crippen LogP contribution in [-0.2, 0) is 15.8 Å². The maximum absolute atomic E-state index is 13.1. The van der Waals surface area contributed by atoms with Crippen LogP contribution in [0.3, 0.4) is 0 Å². The number of fused-ring (bicyclic) bond motifs is 1. The van der Waals surface area contributed by atoms with Crippen LogP contribution >= 0.6 is 11.8 Å². The lowest BCUT2D eigenvalue weighted by Gasteiger charge is -2.37. The summed E-state index contributed by atoms with van der Waals surface area (Å²) in [6.07, 6.45) is -4.40. The molecule has 1 aromatic carbocycles. The highest BCUT2D eigenvalue weighted by Crippen LogP contribution is 2.45. The summed E-state index contributed by atoms with van der Waals surface area (Å²) in [5, 5.41) is 5.21. The normalized spacial score (nSPS) is 18.4. The summed E-state index contributed by atoms with van der Waals surface area (Å²) in [5.41, 5.74) is 1.22. The molecule has 2 aliphatic rings. The largest absolute Gasteiger partial charge is 0.416 e. The van der Waals surface area contributed by atoms with Crippen molar-refractivity contribution in [2.75, 3.05) is 14.1 Å². The average Bonchev–Trinajstić information content (AvgIpc) is 3.07. The van der Waals surface area contributed by atoms with Gasteiger partial charge in [-0.15, -0.1) is 0 Å². The number of likely N-dealkylation sites (N-methyl/N-ethyl adjacent to an activating group) is 1. The number of thioether (sulfide) groups is 1. The second kappa shape index (κ2) is 9.01. The Hall–Kier alpha value is -2.75. The number of rotatable bonds is 5. The van der Waals surface area contributed by atoms with E-state index in [-0.39, 0.29) is 24.3 Å². The Kier molecular flexibility index (Phi) is 6.73. The molecule has 2 aliphatic heterocycles. The fourth-order valence-corrected chi connectivity index (χ4v) is 4.56. The van der Waals surface area contributed by atoms with Crippen LogP contribution in [0.5, 0.6) is 0 Å². The minimum atomic E-state index is -4.46. The number of carbonyl (C=O) groups excluding carboxylic acids is 2. The van der Waals surface area contributed by atoms with Gasteiger partial charge in [0, 0.05) is 25.8 Å². The summed E-state index contributed by atoms with van der Waals surface area (Å²) < 4.78 is 39.3. The molecule has 172 valence electrons. The highest BCUT2D eigenvalue weighted by atomic mass is 32.2. The molecule has 1 atom stereocenters. The zero-order valence-electron chi connectivity index (χ0n) is 18.4. The lowest BCUT2D eigenvalue weighted by molar-refractivity contribution is -0.137. The Morgan fingerprint density at radius 3 is 2.38 bits per heavy atom. The Morgan fingerprint density at radius 2 is 1.84 bits per heavy atom. The van der Waals surface area contributed by atoms with Crippen molar-refractivity contribution >= 4 is 28.7 Å². The van der Waals surface area contributed by atoms with Crippen LogP contribution in [0.2, 0.25) is 0 Å². The topological polar surface area (TPSA) is 65.0 Å². The van der Waals surface area contributed by atoms with Gasteiger partial charge >= 0.3 is 6.18 Å². The summed E-state index contributed by atoms with van der Waals surface area (Å²) in [6, 6.07) is 4.03. The van der Waals surface area contributed by atoms with Crippen LogP contribution in [-0.4, -0.2) is 46.9 Å². The Bertz CT molecular complexity index is 1010. The van der Waals surface area contributed by atoms with Gasteiger partial charge in [0.15, 0.2) is 5.17 Å². The molecule has 32 heavy (non-hydrogen) atoms. The Balaban J connectivity index is 2.07. The van der Waals surface area contributed by atoms with Gasteiger partial charge in [-0.2, -0.15) is 13.2 Å². The van der Waals surface area contributed by atoms with Gasteiger partial charge in [0.05, 0.1) is 29.3 Å². The summed E-state index contributed by atoms with van der Waals surface area (Å²) >= 11 is 1.32. The van der Waals surface area contributed by atoms with E-state index in [1.807, 2.05) is 13.8 Å². The number of allylic oxidation sites excluding steroid dienone is 1. The van der Waals surface area contributed by atoms with Crippen LogP contribution in [0.1, 0.15) is 44.4 Å². The second-order valence-electron chi connectivity index (χ2n) is 8.11. The van der Waals surface area contributed by atoms with E-state index in [0.29, 0.717) is 27.7 Å². The molecule has 0 saturated heterocycles. The molecular weight excluding hydrogens is 441 g/mol. The standard InChI is InChI=1S/C22H25F3N4O2S/c1-12(2)26-17(30)10-16-11-32-21-27-13(3)18(20(31)28(4)5)19(29(16)21)14-6-8-15(9-7-14)22(23,24)25/h6-9,11-12,19H,10H2,1-5H3,(H,26,30). The first-order valence-corrected chi connectivity index (χ1v) is 10.9. The van der Waals surface area contributed by atoms with E-state index in [9.17, 15) is 22.8 Å². The van der Waals surface area contributed by atoms with Crippen LogP contribution in [0.15, 0.2) is 51.6 Å². The minimum Gasteiger partial charge on any atom is -0.354 e. The van der Waals surface area contributed by atoms with E-state index in [1.54, 1.807) is 31.3 Å². The number of carbonyl (C=O) groups is 2. The van der Waals surface area contributed by atoms with Crippen LogP contribution < -0.4 is 5.32 Å². The maximum Gasteiger partial charge on any atom is 0.416 e. The third-order valence-electron chi connectivity index (χ3n) is 4.98. The number of benzene rings is 1. The van der Waals surface area contributed by atoms with Gasteiger partial charge in [0.1, 0.15) is 0 Å². The van der Waals surface area contributed by atoms with E-state index in [4.69, 9.17) is 0 Å². The highest BCUT2D eigenvalue weighted by Gasteiger charge is 2.41. The Morgan fingerprint density at radius 1 is 1.22 bits per heavy atom. The first-order chi connectivity index (χ1) is 14.9. The number of hydrogen-bond acceptors (Lipinski definition) is 5. The van der Waals surface area contributed by atoms with E-state index in [2.05, 4.69) is 10.3 Å². The van der Waals surface area contributed by atoms with Gasteiger partial charge in [0.25, 0.3) is 5.91 Å². The van der Waals surface area contributed by atoms with Gasteiger partial charge in [0.2, 0.25) is 5.91 Å². The molecule has 1 N–H and O–H groups in total. The molecule has 10 heteroatoms. The quantitative estimate of drug-likeness (QED) is 0.704. The predicted octanol–water partition coefficient (Wildman–Crippen LogP) is 4.28. The first kappa shape index (κ1) is 23.9. The SMILES string of the molecule is CC1=C(C(=O)N(C)C)C(c2ccc(C(F)(F)F)cc2)N2C(CC(=O)NC(C)C)=CSC2=N1. The molecule has 0 radical (unpaired) electrons. The van der Waals surface area contributed by atoms with Crippen molar-refractivity contribution in [3.8, 4) is 0 Å². The number of nitrogens with zero attached hydrogens (tertiary/aromatic N) is 3. The molecule has 0 bridgehead atoms. The number of halogens is 3. The molecule has 6 nitrogen and oxygen atoms in total. The fraction of sp³-hybridized carbons (Fsp3) is 0.409. The number of aliphatic imine (C=N–C) groups is 1. The van der Waals surface area contributed by atoms with Crippen LogP contribution in [0.4, 0.5) is 13.2 Å². The van der Waals surface area contributed by atoms with Gasteiger partial charge in [-0.1, -0.05) is 23.9 Å². The zero-order chi connectivity index (χ0) is 23.8. The van der Waals surface area contributed by atoms with Gasteiger partial charge in [-0.25, -0.2) is 4.99 Å². The Labute approximate surface area is 189 Å². The molecule has 0 saturated carbocycles. The molecule has 0 fully saturated rings. The van der Waals surface area contributed by atoms with Crippen molar-refractivity contribution in [3.05, 3.63) is 57.8 Å². The van der Waals surface area contributed by atoms with E-state index < -0.39 is 17.8 Å². The van der Waals surface area contributed by atoms with Crippen molar-refractivity contribution in [3.63, 3.8) is 0 Å². The van der Waals surface area contributed by atoms with Crippen LogP contribution in [0.25, 0.3) is 0 Å². The van der Waals surface area contributed by atoms with Crippen molar-refractivity contribution in [2.24, 2.45) is 4.99 Å². The molecule has 2 heterocycles. The third-order valence-corrected chi connectivity index (χ3v) is 5.87. The number of alkyl halides is 3. The second-order valence-corrected chi connectivity index (χ2v) is 8.95. The third kappa shape index (κ3) is 4.85. The molecule has 2 amide bonds. The number of nitrogens with one attached hydrogen (secondary N) is 1. The molecule has 0 aliphatic carbocycles. The smallest absolute Gasteiger partial charge is 0.354 e. The molecule has 0 spiro atoms. The molecule has 0 aromatic heterocycles. The van der Waals surface area contributed by atoms with E-state index in [0.717, 1.165) is 12.1 Å². The summed E-state index contributed by atoms with van der Waals surface area (Å²) in [5.74, 6) is -0.482. The van der Waals surface area contributed by atoms with E-state index in [1.165, 1.54) is 28.8 Å². The lowest BCUT2D eigenvalue weighted by atomic mass is 9.92. The van der Waals surface area contributed by atoms with Crippen molar-refractivity contribution in [1.82, 2.24) is 15.1 Å². The summed E-state index contributed by atoms with van der Waals surface area (Å²) in [6.45, 7) is 5.42. The zero-order valence-corrected chi connectivity index (χ0v) is 19.3.